The van der Waals surface area contributed by atoms with Gasteiger partial charge in [-0.05, 0) is 24.6 Å². The number of hydrogen-bond acceptors (Lipinski definition) is 7. The third kappa shape index (κ3) is 8.34. The number of nitrogens with one attached hydrogen (secondary N) is 2. The van der Waals surface area contributed by atoms with Crippen LogP contribution in [0.15, 0.2) is 73.2 Å². The summed E-state index contributed by atoms with van der Waals surface area (Å²) < 4.78 is 5.89. The maximum Gasteiger partial charge on any atom is 0.255 e. The van der Waals surface area contributed by atoms with E-state index in [-0.39, 0.29) is 50.7 Å². The summed E-state index contributed by atoms with van der Waals surface area (Å²) in [6.07, 6.45) is 4.82. The summed E-state index contributed by atoms with van der Waals surface area (Å²) in [7, 11) is 0. The van der Waals surface area contributed by atoms with Crippen molar-refractivity contribution in [2.24, 2.45) is 0 Å². The molecule has 0 fully saturated rings. The summed E-state index contributed by atoms with van der Waals surface area (Å²) in [5.74, 6) is -1.42. The molecule has 0 saturated carbocycles. The average molecular weight is 559 g/mol. The number of ether oxygens (including phenoxy) is 1. The van der Waals surface area contributed by atoms with Crippen LogP contribution in [0.2, 0.25) is 0 Å². The Kier molecular flexibility index (Phi) is 10.4. The predicted octanol–water partition coefficient (Wildman–Crippen LogP) is 1.59. The van der Waals surface area contributed by atoms with Crippen molar-refractivity contribution < 1.29 is 23.9 Å². The highest BCUT2D eigenvalue weighted by Crippen LogP contribution is 2.19. The Balaban J connectivity index is 1.60. The number of fused-ring (bicyclic) bond motifs is 1. The Morgan fingerprint density at radius 3 is 2.56 bits per heavy atom. The maximum absolute atomic E-state index is 13.7. The zero-order valence-corrected chi connectivity index (χ0v) is 23.0. The number of likely N-dealkylation sites (N-methyl/N-ethyl adjacent to an activating group) is 1. The Hall–Kier alpha value is -4.80. The van der Waals surface area contributed by atoms with Crippen molar-refractivity contribution in [3.8, 4) is 5.75 Å². The number of hydrogen-bond donors (Lipinski definition) is 2. The number of carbonyl (C=O) groups is 4. The van der Waals surface area contributed by atoms with Gasteiger partial charge in [0.05, 0.1) is 24.2 Å². The molecule has 0 radical (unpaired) electrons. The van der Waals surface area contributed by atoms with E-state index in [4.69, 9.17) is 4.74 Å². The normalized spacial score (nSPS) is 16.7. The minimum absolute atomic E-state index is 0.156. The van der Waals surface area contributed by atoms with E-state index >= 15 is 0 Å². The smallest absolute Gasteiger partial charge is 0.255 e. The molecular weight excluding hydrogens is 524 g/mol. The number of amides is 4. The number of carbonyl (C=O) groups excluding carboxylic acids is 4. The summed E-state index contributed by atoms with van der Waals surface area (Å²) >= 11 is 0. The first kappa shape index (κ1) is 29.2. The molecule has 0 aliphatic carbocycles. The van der Waals surface area contributed by atoms with Crippen molar-refractivity contribution in [2.75, 3.05) is 32.8 Å². The van der Waals surface area contributed by atoms with Gasteiger partial charge < -0.3 is 25.2 Å². The Labute approximate surface area is 238 Å². The van der Waals surface area contributed by atoms with Gasteiger partial charge >= 0.3 is 0 Å². The van der Waals surface area contributed by atoms with Gasteiger partial charge in [-0.25, -0.2) is 0 Å². The molecule has 2 aromatic carbocycles. The lowest BCUT2D eigenvalue weighted by Gasteiger charge is -2.29. The minimum Gasteiger partial charge on any atom is -0.491 e. The van der Waals surface area contributed by atoms with Gasteiger partial charge in [-0.1, -0.05) is 42.5 Å². The minimum atomic E-state index is -1.19. The molecule has 0 saturated heterocycles. The highest BCUT2D eigenvalue weighted by molar-refractivity contribution is 6.01. The van der Waals surface area contributed by atoms with Gasteiger partial charge in [-0.15, -0.1) is 0 Å². The molecule has 3 aromatic rings. The maximum atomic E-state index is 13.7. The standard InChI is InChI=1S/C30H34N6O5/c1-2-35-16-17-41-26-11-7-6-10-24(26)29(39)34-25(30(40)33-13-12-23-19-31-14-15-32-23)18-27(37)36(21-28(35)38)20-22-8-4-3-5-9-22/h3-11,14-15,19,25H,2,12-13,16-18,20-21H2,1H3,(H,33,40)(H,34,39)/t25-/m0/s1. The molecule has 0 spiro atoms. The molecule has 2 heterocycles. The Bertz CT molecular complexity index is 1340. The molecular formula is C30H34N6O5. The summed E-state index contributed by atoms with van der Waals surface area (Å²) in [5, 5.41) is 5.51. The molecule has 11 nitrogen and oxygen atoms in total. The topological polar surface area (TPSA) is 134 Å². The van der Waals surface area contributed by atoms with Crippen LogP contribution in [0.3, 0.4) is 0 Å². The first-order valence-corrected chi connectivity index (χ1v) is 13.6. The van der Waals surface area contributed by atoms with E-state index in [2.05, 4.69) is 20.6 Å². The van der Waals surface area contributed by atoms with Crippen LogP contribution in [0.5, 0.6) is 5.75 Å². The first-order chi connectivity index (χ1) is 19.9. The van der Waals surface area contributed by atoms with Crippen LogP contribution in [0.1, 0.15) is 35.0 Å². The van der Waals surface area contributed by atoms with Crippen LogP contribution in [0.4, 0.5) is 0 Å². The highest BCUT2D eigenvalue weighted by atomic mass is 16.5. The Morgan fingerprint density at radius 2 is 1.80 bits per heavy atom. The fourth-order valence-electron chi connectivity index (χ4n) is 4.45. The number of rotatable bonds is 7. The number of benzene rings is 2. The van der Waals surface area contributed by atoms with E-state index in [0.717, 1.165) is 5.56 Å². The number of nitrogens with zero attached hydrogens (tertiary/aromatic N) is 4. The van der Waals surface area contributed by atoms with E-state index in [9.17, 15) is 19.2 Å². The fraction of sp³-hybridized carbons (Fsp3) is 0.333. The zero-order valence-electron chi connectivity index (χ0n) is 23.0. The zero-order chi connectivity index (χ0) is 29.0. The molecule has 41 heavy (non-hydrogen) atoms. The van der Waals surface area contributed by atoms with Crippen molar-refractivity contribution in [3.05, 3.63) is 90.0 Å². The van der Waals surface area contributed by atoms with Crippen molar-refractivity contribution >= 4 is 23.6 Å². The van der Waals surface area contributed by atoms with Crippen molar-refractivity contribution in [2.45, 2.75) is 32.4 Å². The van der Waals surface area contributed by atoms with Crippen LogP contribution in [0.25, 0.3) is 0 Å². The van der Waals surface area contributed by atoms with Gasteiger partial charge in [0, 0.05) is 44.6 Å². The molecule has 1 aromatic heterocycles. The van der Waals surface area contributed by atoms with E-state index < -0.39 is 23.8 Å². The van der Waals surface area contributed by atoms with Crippen LogP contribution < -0.4 is 15.4 Å². The van der Waals surface area contributed by atoms with Crippen molar-refractivity contribution in [1.29, 1.82) is 0 Å². The molecule has 1 atom stereocenters. The second-order valence-electron chi connectivity index (χ2n) is 9.52. The van der Waals surface area contributed by atoms with Gasteiger partial charge in [-0.2, -0.15) is 0 Å². The van der Waals surface area contributed by atoms with E-state index in [1.54, 1.807) is 47.8 Å². The van der Waals surface area contributed by atoms with Crippen LogP contribution in [-0.4, -0.2) is 82.2 Å². The lowest BCUT2D eigenvalue weighted by atomic mass is 10.1. The van der Waals surface area contributed by atoms with Crippen LogP contribution >= 0.6 is 0 Å². The van der Waals surface area contributed by atoms with Gasteiger partial charge in [0.25, 0.3) is 5.91 Å². The number of aromatic nitrogens is 2. The van der Waals surface area contributed by atoms with Crippen LogP contribution in [0, 0.1) is 0 Å². The van der Waals surface area contributed by atoms with Crippen molar-refractivity contribution in [1.82, 2.24) is 30.4 Å². The molecule has 1 aliphatic rings. The lowest BCUT2D eigenvalue weighted by Crippen LogP contribution is -2.51. The van der Waals surface area contributed by atoms with Gasteiger partial charge in [0.15, 0.2) is 0 Å². The van der Waals surface area contributed by atoms with E-state index in [1.807, 2.05) is 37.3 Å². The molecule has 1 aliphatic heterocycles. The third-order valence-electron chi connectivity index (χ3n) is 6.68. The molecule has 11 heteroatoms. The summed E-state index contributed by atoms with van der Waals surface area (Å²) in [6.45, 7) is 2.96. The molecule has 0 unspecified atom stereocenters. The highest BCUT2D eigenvalue weighted by Gasteiger charge is 2.30. The quantitative estimate of drug-likeness (QED) is 0.450. The molecule has 4 amide bonds. The molecule has 4 rings (SSSR count). The summed E-state index contributed by atoms with van der Waals surface area (Å²) in [5.41, 5.74) is 1.76. The molecule has 0 bridgehead atoms. The summed E-state index contributed by atoms with van der Waals surface area (Å²) in [4.78, 5) is 64.9. The van der Waals surface area contributed by atoms with Crippen molar-refractivity contribution in [3.63, 3.8) is 0 Å². The predicted molar refractivity (Wildman–Crippen MR) is 151 cm³/mol. The first-order valence-electron chi connectivity index (χ1n) is 13.6. The Morgan fingerprint density at radius 1 is 1.02 bits per heavy atom. The van der Waals surface area contributed by atoms with E-state index in [0.29, 0.717) is 24.4 Å². The monoisotopic (exact) mass is 558 g/mol. The van der Waals surface area contributed by atoms with Gasteiger partial charge in [0.1, 0.15) is 24.9 Å². The third-order valence-corrected chi connectivity index (χ3v) is 6.68. The van der Waals surface area contributed by atoms with Crippen LogP contribution in [-0.2, 0) is 27.3 Å². The van der Waals surface area contributed by atoms with Gasteiger partial charge in [-0.3, -0.25) is 29.1 Å². The molecule has 2 N–H and O–H groups in total. The fourth-order valence-corrected chi connectivity index (χ4v) is 4.45. The average Bonchev–Trinajstić information content (AvgIpc) is 2.99. The van der Waals surface area contributed by atoms with E-state index in [1.165, 1.54) is 4.90 Å². The molecule has 214 valence electrons. The second-order valence-corrected chi connectivity index (χ2v) is 9.52. The summed E-state index contributed by atoms with van der Waals surface area (Å²) in [6, 6.07) is 14.8. The van der Waals surface area contributed by atoms with Gasteiger partial charge in [0.2, 0.25) is 17.7 Å². The SMILES string of the molecule is CCN1CCOc2ccccc2C(=O)N[C@H](C(=O)NCCc2cnccn2)CC(=O)N(Cc2ccccc2)CC1=O. The second kappa shape index (κ2) is 14.5. The largest absolute Gasteiger partial charge is 0.491 e. The lowest BCUT2D eigenvalue weighted by molar-refractivity contribution is -0.142. The number of para-hydroxylation sites is 1.